The molecule has 7 heteroatoms. The van der Waals surface area contributed by atoms with Gasteiger partial charge in [0.05, 0.1) is 12.1 Å². The van der Waals surface area contributed by atoms with Crippen LogP contribution in [-0.2, 0) is 20.7 Å². The number of esters is 1. The summed E-state index contributed by atoms with van der Waals surface area (Å²) in [5, 5.41) is 6.39. The number of rotatable bonds is 5. The van der Waals surface area contributed by atoms with Gasteiger partial charge in [-0.1, -0.05) is 0 Å². The van der Waals surface area contributed by atoms with Gasteiger partial charge in [0.2, 0.25) is 11.8 Å². The number of ether oxygens (including phenoxy) is 1. The van der Waals surface area contributed by atoms with Gasteiger partial charge < -0.3 is 14.5 Å². The molecule has 2 heterocycles. The van der Waals surface area contributed by atoms with E-state index in [4.69, 9.17) is 9.15 Å². The van der Waals surface area contributed by atoms with Crippen molar-refractivity contribution >= 4 is 23.2 Å². The van der Waals surface area contributed by atoms with Crippen LogP contribution < -0.4 is 5.32 Å². The number of aryl methyl sites for hydroxylation is 1. The first-order valence-corrected chi connectivity index (χ1v) is 8.16. The fourth-order valence-corrected chi connectivity index (χ4v) is 2.49. The van der Waals surface area contributed by atoms with Crippen LogP contribution in [0.1, 0.15) is 32.2 Å². The van der Waals surface area contributed by atoms with Gasteiger partial charge in [-0.05, 0) is 39.1 Å². The lowest BCUT2D eigenvalue weighted by Gasteiger charge is -2.19. The fraction of sp³-hybridized carbons (Fsp3) is 0.438. The van der Waals surface area contributed by atoms with Crippen molar-refractivity contribution in [1.29, 1.82) is 0 Å². The Bertz CT molecular complexity index is 683. The number of hydrogen-bond donors (Lipinski definition) is 1. The predicted octanol–water partition coefficient (Wildman–Crippen LogP) is 2.71. The lowest BCUT2D eigenvalue weighted by Crippen LogP contribution is -2.35. The Morgan fingerprint density at radius 1 is 1.39 bits per heavy atom. The van der Waals surface area contributed by atoms with Crippen LogP contribution in [0.4, 0.5) is 0 Å². The first-order valence-electron chi connectivity index (χ1n) is 7.22. The molecule has 0 bridgehead atoms. The summed E-state index contributed by atoms with van der Waals surface area (Å²) in [7, 11) is 0. The van der Waals surface area contributed by atoms with Crippen LogP contribution in [0.3, 0.4) is 0 Å². The SMILES string of the molecule is Cc1oc(-c2ccsc2)nc1CC(=O)NCC(=O)OC(C)(C)C. The van der Waals surface area contributed by atoms with Crippen LogP contribution in [0.5, 0.6) is 0 Å². The van der Waals surface area contributed by atoms with Crippen molar-refractivity contribution < 1.29 is 18.7 Å². The standard InChI is InChI=1S/C16H20N2O4S/c1-10-12(18-15(21-10)11-5-6-23-9-11)7-13(19)17-8-14(20)22-16(2,3)4/h5-6,9H,7-8H2,1-4H3,(H,17,19). The van der Waals surface area contributed by atoms with Crippen LogP contribution in [0.25, 0.3) is 11.5 Å². The van der Waals surface area contributed by atoms with Crippen molar-refractivity contribution in [3.63, 3.8) is 0 Å². The second kappa shape index (κ2) is 6.95. The van der Waals surface area contributed by atoms with Crippen molar-refractivity contribution in [3.05, 3.63) is 28.3 Å². The average Bonchev–Trinajstić information content (AvgIpc) is 3.05. The second-order valence-corrected chi connectivity index (χ2v) is 6.85. The second-order valence-electron chi connectivity index (χ2n) is 6.07. The normalized spacial score (nSPS) is 11.3. The topological polar surface area (TPSA) is 81.4 Å². The highest BCUT2D eigenvalue weighted by Crippen LogP contribution is 2.23. The van der Waals surface area contributed by atoms with Gasteiger partial charge in [-0.3, -0.25) is 9.59 Å². The lowest BCUT2D eigenvalue weighted by molar-refractivity contribution is -0.154. The maximum absolute atomic E-state index is 11.9. The van der Waals surface area contributed by atoms with E-state index in [0.29, 0.717) is 17.3 Å². The summed E-state index contributed by atoms with van der Waals surface area (Å²) in [6, 6.07) is 1.91. The van der Waals surface area contributed by atoms with Crippen LogP contribution in [0.15, 0.2) is 21.2 Å². The van der Waals surface area contributed by atoms with Crippen LogP contribution >= 0.6 is 11.3 Å². The largest absolute Gasteiger partial charge is 0.459 e. The Kier molecular flexibility index (Phi) is 5.20. The Morgan fingerprint density at radius 2 is 2.13 bits per heavy atom. The first kappa shape index (κ1) is 17.2. The molecule has 23 heavy (non-hydrogen) atoms. The highest BCUT2D eigenvalue weighted by Gasteiger charge is 2.18. The molecule has 6 nitrogen and oxygen atoms in total. The Hall–Kier alpha value is -2.15. The molecular formula is C16H20N2O4S. The summed E-state index contributed by atoms with van der Waals surface area (Å²) in [5.41, 5.74) is 0.881. The van der Waals surface area contributed by atoms with Crippen LogP contribution in [0, 0.1) is 6.92 Å². The van der Waals surface area contributed by atoms with Crippen molar-refractivity contribution in [2.75, 3.05) is 6.54 Å². The third-order valence-corrected chi connectivity index (χ3v) is 3.52. The van der Waals surface area contributed by atoms with Gasteiger partial charge in [-0.2, -0.15) is 11.3 Å². The zero-order valence-corrected chi connectivity index (χ0v) is 14.5. The molecule has 2 aromatic heterocycles. The smallest absolute Gasteiger partial charge is 0.325 e. The van der Waals surface area contributed by atoms with E-state index in [0.717, 1.165) is 5.56 Å². The number of nitrogens with zero attached hydrogens (tertiary/aromatic N) is 1. The number of carbonyl (C=O) groups is 2. The van der Waals surface area contributed by atoms with Crippen LogP contribution in [0.2, 0.25) is 0 Å². The van der Waals surface area contributed by atoms with Gasteiger partial charge in [0.1, 0.15) is 17.9 Å². The van der Waals surface area contributed by atoms with E-state index in [1.807, 2.05) is 16.8 Å². The zero-order valence-electron chi connectivity index (χ0n) is 13.6. The number of hydrogen-bond acceptors (Lipinski definition) is 6. The first-order chi connectivity index (χ1) is 10.7. The molecule has 0 atom stereocenters. The molecule has 0 unspecified atom stereocenters. The molecule has 2 aromatic rings. The van der Waals surface area contributed by atoms with Gasteiger partial charge in [-0.25, -0.2) is 4.98 Å². The number of oxazole rings is 1. The number of aromatic nitrogens is 1. The minimum atomic E-state index is -0.569. The van der Waals surface area contributed by atoms with E-state index < -0.39 is 11.6 Å². The van der Waals surface area contributed by atoms with Crippen molar-refractivity contribution in [1.82, 2.24) is 10.3 Å². The van der Waals surface area contributed by atoms with E-state index in [9.17, 15) is 9.59 Å². The van der Waals surface area contributed by atoms with E-state index in [2.05, 4.69) is 10.3 Å². The van der Waals surface area contributed by atoms with Gasteiger partial charge in [0, 0.05) is 10.9 Å². The third-order valence-electron chi connectivity index (χ3n) is 2.84. The molecule has 0 saturated carbocycles. The van der Waals surface area contributed by atoms with E-state index >= 15 is 0 Å². The maximum atomic E-state index is 11.9. The minimum Gasteiger partial charge on any atom is -0.459 e. The number of thiophene rings is 1. The summed E-state index contributed by atoms with van der Waals surface area (Å²) in [6.45, 7) is 6.93. The molecule has 0 aliphatic carbocycles. The summed E-state index contributed by atoms with van der Waals surface area (Å²) >= 11 is 1.55. The average molecular weight is 336 g/mol. The molecule has 0 aliphatic heterocycles. The van der Waals surface area contributed by atoms with E-state index in [1.165, 1.54) is 0 Å². The van der Waals surface area contributed by atoms with Gasteiger partial charge in [-0.15, -0.1) is 0 Å². The van der Waals surface area contributed by atoms with Gasteiger partial charge in [0.15, 0.2) is 0 Å². The molecule has 1 amide bonds. The molecule has 0 radical (unpaired) electrons. The number of nitrogens with one attached hydrogen (secondary N) is 1. The summed E-state index contributed by atoms with van der Waals surface area (Å²) < 4.78 is 10.7. The zero-order chi connectivity index (χ0) is 17.0. The third kappa shape index (κ3) is 5.21. The fourth-order valence-electron chi connectivity index (χ4n) is 1.86. The Morgan fingerprint density at radius 3 is 2.74 bits per heavy atom. The molecular weight excluding hydrogens is 316 g/mol. The Labute approximate surface area is 138 Å². The van der Waals surface area contributed by atoms with Gasteiger partial charge >= 0.3 is 5.97 Å². The Balaban J connectivity index is 1.90. The highest BCUT2D eigenvalue weighted by atomic mass is 32.1. The molecule has 124 valence electrons. The quantitative estimate of drug-likeness (QED) is 0.849. The van der Waals surface area contributed by atoms with E-state index in [1.54, 1.807) is 39.0 Å². The lowest BCUT2D eigenvalue weighted by atomic mass is 10.2. The molecule has 2 rings (SSSR count). The molecule has 1 N–H and O–H groups in total. The molecule has 0 saturated heterocycles. The molecule has 0 aliphatic rings. The van der Waals surface area contributed by atoms with Crippen molar-refractivity contribution in [2.45, 2.75) is 39.7 Å². The molecule has 0 fully saturated rings. The maximum Gasteiger partial charge on any atom is 0.325 e. The van der Waals surface area contributed by atoms with Gasteiger partial charge in [0.25, 0.3) is 0 Å². The predicted molar refractivity (Wildman–Crippen MR) is 87.1 cm³/mol. The minimum absolute atomic E-state index is 0.0578. The van der Waals surface area contributed by atoms with Crippen molar-refractivity contribution in [3.8, 4) is 11.5 Å². The highest BCUT2D eigenvalue weighted by molar-refractivity contribution is 7.08. The van der Waals surface area contributed by atoms with Crippen LogP contribution in [-0.4, -0.2) is 29.0 Å². The number of carbonyl (C=O) groups excluding carboxylic acids is 2. The monoisotopic (exact) mass is 336 g/mol. The number of amides is 1. The summed E-state index contributed by atoms with van der Waals surface area (Å²) in [6.07, 6.45) is 0.0578. The summed E-state index contributed by atoms with van der Waals surface area (Å²) in [5.74, 6) is 0.322. The van der Waals surface area contributed by atoms with Crippen molar-refractivity contribution in [2.24, 2.45) is 0 Å². The van der Waals surface area contributed by atoms with E-state index in [-0.39, 0.29) is 18.9 Å². The summed E-state index contributed by atoms with van der Waals surface area (Å²) in [4.78, 5) is 27.8. The molecule has 0 aromatic carbocycles. The molecule has 0 spiro atoms.